The van der Waals surface area contributed by atoms with Crippen molar-refractivity contribution in [1.82, 2.24) is 0 Å². The Morgan fingerprint density at radius 3 is 1.19 bits per heavy atom. The van der Waals surface area contributed by atoms with E-state index in [1.54, 1.807) is 0 Å². The van der Waals surface area contributed by atoms with Crippen LogP contribution in [0.15, 0.2) is 0 Å². The molecule has 0 aliphatic heterocycles. The Bertz CT molecular complexity index is 348. The fraction of sp³-hybridized carbons (Fsp3) is 1.00. The van der Waals surface area contributed by atoms with Crippen LogP contribution in [-0.4, -0.2) is 31.1 Å². The molecule has 0 saturated heterocycles. The average Bonchev–Trinajstić information content (AvgIpc) is 2.78. The van der Waals surface area contributed by atoms with Gasteiger partial charge < -0.3 is 14.2 Å². The maximum Gasteiger partial charge on any atom is 0.285 e. The van der Waals surface area contributed by atoms with Gasteiger partial charge in [-0.05, 0) is 40.0 Å². The molecular weight excluding hydrogens is 464 g/mol. The largest absolute Gasteiger partial charge is 0.328 e. The number of rotatable bonds is 26. The topological polar surface area (TPSA) is 27.7 Å². The second kappa shape index (κ2) is 24.5. The summed E-state index contributed by atoms with van der Waals surface area (Å²) in [5.41, 5.74) is 0. The third-order valence-corrected chi connectivity index (χ3v) is 6.94. The van der Waals surface area contributed by atoms with Crippen molar-refractivity contribution >= 4 is 15.9 Å². The Labute approximate surface area is 210 Å². The molecule has 0 aromatic rings. The van der Waals surface area contributed by atoms with E-state index in [9.17, 15) is 0 Å². The van der Waals surface area contributed by atoms with Crippen LogP contribution in [0.4, 0.5) is 0 Å². The molecule has 0 aliphatic carbocycles. The fourth-order valence-corrected chi connectivity index (χ4v) is 5.05. The number of hydrogen-bond acceptors (Lipinski definition) is 3. The number of ether oxygens (including phenoxy) is 3. The second-order valence-electron chi connectivity index (χ2n) is 9.17. The maximum absolute atomic E-state index is 6.17. The molecule has 32 heavy (non-hydrogen) atoms. The van der Waals surface area contributed by atoms with Crippen molar-refractivity contribution < 1.29 is 14.2 Å². The van der Waals surface area contributed by atoms with Crippen LogP contribution in [0.5, 0.6) is 0 Å². The summed E-state index contributed by atoms with van der Waals surface area (Å²) in [4.78, 5) is 0. The molecule has 0 aliphatic rings. The molecule has 0 rings (SSSR count). The summed E-state index contributed by atoms with van der Waals surface area (Å²) < 4.78 is 18.5. The van der Waals surface area contributed by atoms with E-state index in [2.05, 4.69) is 43.6 Å². The van der Waals surface area contributed by atoms with Gasteiger partial charge in [0.2, 0.25) is 0 Å². The molecule has 0 aromatic carbocycles. The SMILES string of the molecule is CCCCCCCCC(CCCCCCCCCCCCBr)C(OCC)(OCC)OCC. The second-order valence-corrected chi connectivity index (χ2v) is 9.96. The molecule has 1 unspecified atom stereocenters. The standard InChI is InChI=1S/C28H57BrO3/c1-5-9-10-11-18-21-24-27(28(30-6-2,31-7-3)32-8-4)25-22-19-16-14-12-13-15-17-20-23-26-29/h27H,5-26H2,1-4H3. The van der Waals surface area contributed by atoms with E-state index >= 15 is 0 Å². The summed E-state index contributed by atoms with van der Waals surface area (Å²) in [5, 5.41) is 1.16. The third kappa shape index (κ3) is 16.9. The monoisotopic (exact) mass is 520 g/mol. The lowest BCUT2D eigenvalue weighted by molar-refractivity contribution is -0.403. The van der Waals surface area contributed by atoms with Crippen molar-refractivity contribution in [2.45, 2.75) is 149 Å². The first-order valence-corrected chi connectivity index (χ1v) is 15.3. The zero-order chi connectivity index (χ0) is 23.8. The molecular formula is C28H57BrO3. The molecule has 0 bridgehead atoms. The maximum atomic E-state index is 6.17. The normalized spacial score (nSPS) is 13.0. The van der Waals surface area contributed by atoms with Gasteiger partial charge in [0.25, 0.3) is 5.97 Å². The molecule has 1 atom stereocenters. The first kappa shape index (κ1) is 32.4. The minimum atomic E-state index is -0.850. The summed E-state index contributed by atoms with van der Waals surface area (Å²) in [6.07, 6.45) is 23.9. The van der Waals surface area contributed by atoms with Gasteiger partial charge in [0.1, 0.15) is 0 Å². The number of unbranched alkanes of at least 4 members (excludes halogenated alkanes) is 14. The summed E-state index contributed by atoms with van der Waals surface area (Å²) >= 11 is 3.52. The molecule has 0 radical (unpaired) electrons. The van der Waals surface area contributed by atoms with Crippen molar-refractivity contribution in [3.05, 3.63) is 0 Å². The molecule has 0 saturated carbocycles. The Kier molecular flexibility index (Phi) is 24.8. The van der Waals surface area contributed by atoms with E-state index in [4.69, 9.17) is 14.2 Å². The molecule has 194 valence electrons. The van der Waals surface area contributed by atoms with Gasteiger partial charge in [-0.2, -0.15) is 0 Å². The van der Waals surface area contributed by atoms with Crippen molar-refractivity contribution in [3.8, 4) is 0 Å². The Balaban J connectivity index is 4.44. The van der Waals surface area contributed by atoms with Crippen LogP contribution in [0.1, 0.15) is 143 Å². The van der Waals surface area contributed by atoms with Gasteiger partial charge in [0, 0.05) is 31.1 Å². The van der Waals surface area contributed by atoms with E-state index < -0.39 is 5.97 Å². The smallest absolute Gasteiger partial charge is 0.285 e. The lowest BCUT2D eigenvalue weighted by Crippen LogP contribution is -2.46. The van der Waals surface area contributed by atoms with Gasteiger partial charge in [-0.3, -0.25) is 0 Å². The molecule has 0 aromatic heterocycles. The van der Waals surface area contributed by atoms with Crippen molar-refractivity contribution in [3.63, 3.8) is 0 Å². The number of alkyl halides is 1. The lowest BCUT2D eigenvalue weighted by atomic mass is 9.91. The van der Waals surface area contributed by atoms with Crippen LogP contribution < -0.4 is 0 Å². The predicted octanol–water partition coefficient (Wildman–Crippen LogP) is 9.80. The minimum Gasteiger partial charge on any atom is -0.328 e. The van der Waals surface area contributed by atoms with Crippen LogP contribution in [0, 0.1) is 5.92 Å². The number of hydrogen-bond donors (Lipinski definition) is 0. The van der Waals surface area contributed by atoms with Gasteiger partial charge in [-0.1, -0.05) is 119 Å². The first-order valence-electron chi connectivity index (χ1n) is 14.2. The van der Waals surface area contributed by atoms with E-state index in [0.29, 0.717) is 25.7 Å². The van der Waals surface area contributed by atoms with E-state index in [-0.39, 0.29) is 0 Å². The van der Waals surface area contributed by atoms with Gasteiger partial charge in [-0.25, -0.2) is 0 Å². The van der Waals surface area contributed by atoms with Gasteiger partial charge in [-0.15, -0.1) is 0 Å². The van der Waals surface area contributed by atoms with Gasteiger partial charge in [0.05, 0.1) is 0 Å². The Morgan fingerprint density at radius 1 is 0.500 bits per heavy atom. The number of halogens is 1. The van der Waals surface area contributed by atoms with E-state index in [1.165, 1.54) is 103 Å². The van der Waals surface area contributed by atoms with E-state index in [1.807, 2.05) is 0 Å². The average molecular weight is 522 g/mol. The fourth-order valence-electron chi connectivity index (χ4n) is 4.65. The van der Waals surface area contributed by atoms with Crippen LogP contribution in [-0.2, 0) is 14.2 Å². The lowest BCUT2D eigenvalue weighted by Gasteiger charge is -2.39. The zero-order valence-corrected chi connectivity index (χ0v) is 23.8. The van der Waals surface area contributed by atoms with Crippen molar-refractivity contribution in [1.29, 1.82) is 0 Å². The molecule has 4 heteroatoms. The highest BCUT2D eigenvalue weighted by molar-refractivity contribution is 9.09. The predicted molar refractivity (Wildman–Crippen MR) is 144 cm³/mol. The van der Waals surface area contributed by atoms with Gasteiger partial charge >= 0.3 is 0 Å². The van der Waals surface area contributed by atoms with Gasteiger partial charge in [0.15, 0.2) is 0 Å². The van der Waals surface area contributed by atoms with Crippen LogP contribution in [0.25, 0.3) is 0 Å². The highest BCUT2D eigenvalue weighted by atomic mass is 79.9. The summed E-state index contributed by atoms with van der Waals surface area (Å²) in [7, 11) is 0. The highest BCUT2D eigenvalue weighted by Gasteiger charge is 2.41. The molecule has 0 heterocycles. The third-order valence-electron chi connectivity index (χ3n) is 6.38. The quantitative estimate of drug-likeness (QED) is 0.0644. The van der Waals surface area contributed by atoms with Crippen molar-refractivity contribution in [2.24, 2.45) is 5.92 Å². The van der Waals surface area contributed by atoms with Crippen LogP contribution in [0.3, 0.4) is 0 Å². The summed E-state index contributed by atoms with van der Waals surface area (Å²) in [6.45, 7) is 10.3. The summed E-state index contributed by atoms with van der Waals surface area (Å²) in [5.74, 6) is -0.528. The van der Waals surface area contributed by atoms with Crippen LogP contribution in [0.2, 0.25) is 0 Å². The Hall–Kier alpha value is 0.360. The summed E-state index contributed by atoms with van der Waals surface area (Å²) in [6, 6.07) is 0. The van der Waals surface area contributed by atoms with E-state index in [0.717, 1.165) is 18.2 Å². The zero-order valence-electron chi connectivity index (χ0n) is 22.2. The minimum absolute atomic E-state index is 0.322. The molecule has 0 fully saturated rings. The molecule has 0 amide bonds. The first-order chi connectivity index (χ1) is 15.7. The molecule has 3 nitrogen and oxygen atoms in total. The van der Waals surface area contributed by atoms with Crippen LogP contribution >= 0.6 is 15.9 Å². The van der Waals surface area contributed by atoms with Crippen molar-refractivity contribution in [2.75, 3.05) is 25.2 Å². The molecule has 0 N–H and O–H groups in total. The highest BCUT2D eigenvalue weighted by Crippen LogP contribution is 2.34. The Morgan fingerprint density at radius 2 is 0.844 bits per heavy atom. The molecule has 0 spiro atoms.